The van der Waals surface area contributed by atoms with Crippen molar-refractivity contribution in [2.75, 3.05) is 5.32 Å². The van der Waals surface area contributed by atoms with E-state index in [1.54, 1.807) is 49.4 Å². The van der Waals surface area contributed by atoms with Crippen molar-refractivity contribution in [3.05, 3.63) is 65.2 Å². The van der Waals surface area contributed by atoms with Crippen LogP contribution in [0.5, 0.6) is 0 Å². The Kier molecular flexibility index (Phi) is 4.50. The molecule has 3 N–H and O–H groups in total. The summed E-state index contributed by atoms with van der Waals surface area (Å²) in [5.74, 6) is -4.10. The summed E-state index contributed by atoms with van der Waals surface area (Å²) in [6.07, 6.45) is -0.415. The lowest BCUT2D eigenvalue weighted by molar-refractivity contribution is -0.166. The molecule has 0 aliphatic heterocycles. The number of aryl methyl sites for hydroxylation is 1. The first kappa shape index (κ1) is 17.7. The Morgan fingerprint density at radius 3 is 2.27 bits per heavy atom. The Labute approximate surface area is 150 Å². The highest BCUT2D eigenvalue weighted by Gasteiger charge is 2.53. The Bertz CT molecular complexity index is 861. The summed E-state index contributed by atoms with van der Waals surface area (Å²) in [7, 11) is 0. The number of benzene rings is 2. The number of fused-ring (bicyclic) bond motifs is 1. The minimum atomic E-state index is -2.02. The van der Waals surface area contributed by atoms with E-state index in [0.717, 1.165) is 5.56 Å². The molecule has 0 heterocycles. The molecule has 1 aliphatic rings. The summed E-state index contributed by atoms with van der Waals surface area (Å²) in [6, 6.07) is 14.2. The van der Waals surface area contributed by atoms with Crippen molar-refractivity contribution in [2.45, 2.75) is 25.7 Å². The molecule has 134 valence electrons. The van der Waals surface area contributed by atoms with Gasteiger partial charge >= 0.3 is 11.9 Å². The van der Waals surface area contributed by atoms with Gasteiger partial charge in [0.05, 0.1) is 5.92 Å². The zero-order valence-electron chi connectivity index (χ0n) is 14.2. The van der Waals surface area contributed by atoms with Crippen LogP contribution >= 0.6 is 0 Å². The van der Waals surface area contributed by atoms with Crippen molar-refractivity contribution in [3.63, 3.8) is 0 Å². The van der Waals surface area contributed by atoms with E-state index in [-0.39, 0.29) is 12.8 Å². The summed E-state index contributed by atoms with van der Waals surface area (Å²) in [6.45, 7) is 1.80. The molecule has 6 heteroatoms. The number of aliphatic carboxylic acids is 2. The van der Waals surface area contributed by atoms with Gasteiger partial charge in [-0.15, -0.1) is 0 Å². The topological polar surface area (TPSA) is 104 Å². The molecular weight excluding hydrogens is 334 g/mol. The fourth-order valence-electron chi connectivity index (χ4n) is 3.53. The Morgan fingerprint density at radius 2 is 1.65 bits per heavy atom. The molecule has 0 saturated heterocycles. The molecule has 1 amide bonds. The lowest BCUT2D eigenvalue weighted by Gasteiger charge is -2.36. The molecule has 3 rings (SSSR count). The highest BCUT2D eigenvalue weighted by molar-refractivity contribution is 6.02. The van der Waals surface area contributed by atoms with Gasteiger partial charge in [0, 0.05) is 5.69 Å². The molecule has 0 bridgehead atoms. The normalized spacial score (nSPS) is 17.8. The van der Waals surface area contributed by atoms with Crippen LogP contribution in [0.2, 0.25) is 0 Å². The van der Waals surface area contributed by atoms with Crippen molar-refractivity contribution < 1.29 is 24.6 Å². The van der Waals surface area contributed by atoms with Gasteiger partial charge in [-0.05, 0) is 48.6 Å². The monoisotopic (exact) mass is 353 g/mol. The molecule has 1 atom stereocenters. The molecule has 26 heavy (non-hydrogen) atoms. The molecule has 6 nitrogen and oxygen atoms in total. The maximum absolute atomic E-state index is 12.9. The largest absolute Gasteiger partial charge is 0.480 e. The zero-order valence-corrected chi connectivity index (χ0v) is 14.2. The number of rotatable bonds is 4. The van der Waals surface area contributed by atoms with E-state index in [2.05, 4.69) is 5.32 Å². The van der Waals surface area contributed by atoms with E-state index >= 15 is 0 Å². The summed E-state index contributed by atoms with van der Waals surface area (Å²) < 4.78 is 0. The number of hydrogen-bond acceptors (Lipinski definition) is 3. The van der Waals surface area contributed by atoms with Crippen LogP contribution in [0.1, 0.15) is 29.0 Å². The van der Waals surface area contributed by atoms with E-state index in [9.17, 15) is 24.6 Å². The number of amides is 1. The maximum Gasteiger partial charge on any atom is 0.321 e. The van der Waals surface area contributed by atoms with E-state index in [1.807, 2.05) is 6.07 Å². The number of carboxylic acid groups (broad SMARTS) is 2. The van der Waals surface area contributed by atoms with Crippen molar-refractivity contribution in [1.82, 2.24) is 0 Å². The van der Waals surface area contributed by atoms with Gasteiger partial charge in [0.1, 0.15) is 0 Å². The number of hydrogen-bond donors (Lipinski definition) is 3. The number of nitrogens with one attached hydrogen (secondary N) is 1. The fourth-order valence-corrected chi connectivity index (χ4v) is 3.53. The quantitative estimate of drug-likeness (QED) is 0.733. The summed E-state index contributed by atoms with van der Waals surface area (Å²) in [4.78, 5) is 36.6. The zero-order chi connectivity index (χ0) is 18.9. The van der Waals surface area contributed by atoms with Crippen LogP contribution in [0.4, 0.5) is 5.69 Å². The van der Waals surface area contributed by atoms with E-state index in [0.29, 0.717) is 16.8 Å². The molecule has 0 saturated carbocycles. The summed E-state index contributed by atoms with van der Waals surface area (Å²) >= 11 is 0. The first-order chi connectivity index (χ1) is 12.3. The van der Waals surface area contributed by atoms with Gasteiger partial charge in [0.15, 0.2) is 5.41 Å². The van der Waals surface area contributed by atoms with Crippen molar-refractivity contribution in [2.24, 2.45) is 5.41 Å². The maximum atomic E-state index is 12.9. The van der Waals surface area contributed by atoms with Gasteiger partial charge in [0.25, 0.3) is 0 Å². The van der Waals surface area contributed by atoms with Gasteiger partial charge in [-0.2, -0.15) is 0 Å². The lowest BCUT2D eigenvalue weighted by atomic mass is 9.65. The number of carbonyl (C=O) groups excluding carboxylic acids is 1. The van der Waals surface area contributed by atoms with Crippen LogP contribution in [-0.2, 0) is 20.8 Å². The molecule has 0 aromatic heterocycles. The van der Waals surface area contributed by atoms with Crippen molar-refractivity contribution in [3.8, 4) is 0 Å². The third-order valence-corrected chi connectivity index (χ3v) is 5.03. The molecule has 0 fully saturated rings. The second-order valence-electron chi connectivity index (χ2n) is 6.62. The van der Waals surface area contributed by atoms with E-state index in [1.165, 1.54) is 0 Å². The van der Waals surface area contributed by atoms with Gasteiger partial charge in [0.2, 0.25) is 5.91 Å². The van der Waals surface area contributed by atoms with E-state index < -0.39 is 29.2 Å². The van der Waals surface area contributed by atoms with Crippen LogP contribution in [0.15, 0.2) is 48.5 Å². The van der Waals surface area contributed by atoms with E-state index in [4.69, 9.17) is 0 Å². The van der Waals surface area contributed by atoms with Gasteiger partial charge < -0.3 is 15.5 Å². The second-order valence-corrected chi connectivity index (χ2v) is 6.62. The fraction of sp³-hybridized carbons (Fsp3) is 0.250. The predicted octanol–water partition coefficient (Wildman–Crippen LogP) is 2.82. The van der Waals surface area contributed by atoms with Gasteiger partial charge in [-0.25, -0.2) is 0 Å². The van der Waals surface area contributed by atoms with Gasteiger partial charge in [-0.1, -0.05) is 36.4 Å². The second kappa shape index (κ2) is 6.63. The Hall–Kier alpha value is -3.15. The molecule has 0 spiro atoms. The Morgan fingerprint density at radius 1 is 1.00 bits per heavy atom. The Balaban J connectivity index is 2.06. The van der Waals surface area contributed by atoms with Gasteiger partial charge in [-0.3, -0.25) is 14.4 Å². The third kappa shape index (κ3) is 2.94. The minimum Gasteiger partial charge on any atom is -0.480 e. The first-order valence-electron chi connectivity index (χ1n) is 8.26. The summed E-state index contributed by atoms with van der Waals surface area (Å²) in [5.41, 5.74) is 0.658. The smallest absolute Gasteiger partial charge is 0.321 e. The van der Waals surface area contributed by atoms with Crippen LogP contribution in [-0.4, -0.2) is 28.1 Å². The molecule has 1 aliphatic carbocycles. The predicted molar refractivity (Wildman–Crippen MR) is 95.0 cm³/mol. The highest BCUT2D eigenvalue weighted by Crippen LogP contribution is 2.44. The number of carbonyl (C=O) groups is 3. The SMILES string of the molecule is Cc1cccc2c1CC(C(=O)O)(C(=O)O)CC2C(=O)Nc1ccccc1. The number of carboxylic acids is 2. The minimum absolute atomic E-state index is 0.130. The standard InChI is InChI=1S/C20H19NO5/c1-12-6-5-9-14-15(12)10-20(18(23)24,19(25)26)11-16(14)17(22)21-13-7-3-2-4-8-13/h2-9,16H,10-11H2,1H3,(H,21,22)(H,23,24)(H,25,26). The van der Waals surface area contributed by atoms with Crippen molar-refractivity contribution in [1.29, 1.82) is 0 Å². The molecule has 2 aromatic rings. The molecule has 2 aromatic carbocycles. The lowest BCUT2D eigenvalue weighted by Crippen LogP contribution is -2.47. The molecular formula is C20H19NO5. The molecule has 0 radical (unpaired) electrons. The average molecular weight is 353 g/mol. The molecule has 1 unspecified atom stereocenters. The first-order valence-corrected chi connectivity index (χ1v) is 8.26. The number of para-hydroxylation sites is 1. The highest BCUT2D eigenvalue weighted by atomic mass is 16.4. The number of anilines is 1. The average Bonchev–Trinajstić information content (AvgIpc) is 2.61. The summed E-state index contributed by atoms with van der Waals surface area (Å²) in [5, 5.41) is 22.1. The van der Waals surface area contributed by atoms with Crippen LogP contribution in [0.3, 0.4) is 0 Å². The van der Waals surface area contributed by atoms with Crippen LogP contribution in [0.25, 0.3) is 0 Å². The van der Waals surface area contributed by atoms with Crippen LogP contribution < -0.4 is 5.32 Å². The van der Waals surface area contributed by atoms with Crippen molar-refractivity contribution >= 4 is 23.5 Å². The third-order valence-electron chi connectivity index (χ3n) is 5.03. The van der Waals surface area contributed by atoms with Crippen LogP contribution in [0, 0.1) is 12.3 Å².